The number of nitrogens with zero attached hydrogens (tertiary/aromatic N) is 2. The summed E-state index contributed by atoms with van der Waals surface area (Å²) in [4.78, 5) is 41.2. The van der Waals surface area contributed by atoms with E-state index < -0.39 is 5.60 Å². The second-order valence-electron chi connectivity index (χ2n) is 8.26. The summed E-state index contributed by atoms with van der Waals surface area (Å²) in [7, 11) is 1.75. The Morgan fingerprint density at radius 2 is 1.84 bits per heavy atom. The Balaban J connectivity index is 1.42. The number of carbonyl (C=O) groups excluding carboxylic acids is 3. The lowest BCUT2D eigenvalue weighted by molar-refractivity contribution is -0.139. The number of amides is 3. The van der Waals surface area contributed by atoms with Crippen molar-refractivity contribution in [1.29, 1.82) is 0 Å². The van der Waals surface area contributed by atoms with Crippen molar-refractivity contribution in [3.8, 4) is 5.75 Å². The van der Waals surface area contributed by atoms with Crippen LogP contribution in [0.5, 0.6) is 5.75 Å². The molecule has 1 fully saturated rings. The summed E-state index contributed by atoms with van der Waals surface area (Å²) >= 11 is 0. The van der Waals surface area contributed by atoms with Crippen molar-refractivity contribution in [2.24, 2.45) is 0 Å². The van der Waals surface area contributed by atoms with E-state index in [1.165, 1.54) is 0 Å². The molecule has 0 bridgehead atoms. The maximum atomic E-state index is 12.8. The Morgan fingerprint density at radius 3 is 2.65 bits per heavy atom. The van der Waals surface area contributed by atoms with E-state index in [-0.39, 0.29) is 30.7 Å². The van der Waals surface area contributed by atoms with Crippen LogP contribution in [0, 0.1) is 0 Å². The summed E-state index contributed by atoms with van der Waals surface area (Å²) < 4.78 is 6.31. The first kappa shape index (κ1) is 20.9. The number of fused-ring (bicyclic) bond motifs is 1. The molecule has 2 heterocycles. The molecule has 0 radical (unpaired) electrons. The molecule has 1 saturated heterocycles. The molecular weight excluding hydrogens is 394 g/mol. The number of hydrogen-bond donors (Lipinski definition) is 1. The van der Waals surface area contributed by atoms with E-state index >= 15 is 0 Å². The molecule has 4 rings (SSSR count). The molecule has 1 N–H and O–H groups in total. The lowest BCUT2D eigenvalue weighted by Gasteiger charge is -2.32. The third-order valence-corrected chi connectivity index (χ3v) is 6.03. The Bertz CT molecular complexity index is 978. The summed E-state index contributed by atoms with van der Waals surface area (Å²) in [6, 6.07) is 16.9. The van der Waals surface area contributed by atoms with Crippen LogP contribution in [0.3, 0.4) is 0 Å². The van der Waals surface area contributed by atoms with Gasteiger partial charge in [-0.1, -0.05) is 42.5 Å². The van der Waals surface area contributed by atoms with E-state index in [4.69, 9.17) is 4.74 Å². The van der Waals surface area contributed by atoms with Gasteiger partial charge in [0.1, 0.15) is 11.4 Å². The van der Waals surface area contributed by atoms with Gasteiger partial charge in [0.05, 0.1) is 18.7 Å². The summed E-state index contributed by atoms with van der Waals surface area (Å²) in [5, 5.41) is 2.94. The maximum Gasteiger partial charge on any atom is 0.255 e. The highest BCUT2D eigenvalue weighted by atomic mass is 16.5. The fourth-order valence-electron chi connectivity index (χ4n) is 4.11. The molecule has 2 aliphatic rings. The van der Waals surface area contributed by atoms with E-state index in [0.29, 0.717) is 43.8 Å². The lowest BCUT2D eigenvalue weighted by atomic mass is 9.94. The molecule has 31 heavy (non-hydrogen) atoms. The van der Waals surface area contributed by atoms with Gasteiger partial charge in [0.2, 0.25) is 11.8 Å². The Hall–Kier alpha value is -3.35. The average molecular weight is 421 g/mol. The first-order valence-corrected chi connectivity index (χ1v) is 10.6. The molecule has 0 saturated carbocycles. The van der Waals surface area contributed by atoms with Crippen molar-refractivity contribution in [3.63, 3.8) is 0 Å². The van der Waals surface area contributed by atoms with Crippen LogP contribution in [0.15, 0.2) is 54.6 Å². The van der Waals surface area contributed by atoms with Gasteiger partial charge in [0.15, 0.2) is 0 Å². The van der Waals surface area contributed by atoms with Gasteiger partial charge in [-0.2, -0.15) is 0 Å². The van der Waals surface area contributed by atoms with E-state index in [2.05, 4.69) is 5.32 Å². The summed E-state index contributed by atoms with van der Waals surface area (Å²) in [6.07, 6.45) is 1.31. The van der Waals surface area contributed by atoms with Crippen molar-refractivity contribution < 1.29 is 19.1 Å². The quantitative estimate of drug-likeness (QED) is 0.821. The fraction of sp³-hybridized carbons (Fsp3) is 0.375. The number of benzene rings is 2. The third-order valence-electron chi connectivity index (χ3n) is 6.03. The van der Waals surface area contributed by atoms with Crippen LogP contribution in [-0.2, 0) is 16.1 Å². The van der Waals surface area contributed by atoms with Crippen LogP contribution < -0.4 is 10.1 Å². The van der Waals surface area contributed by atoms with Crippen molar-refractivity contribution in [2.45, 2.75) is 31.4 Å². The van der Waals surface area contributed by atoms with Gasteiger partial charge in [-0.15, -0.1) is 0 Å². The monoisotopic (exact) mass is 421 g/mol. The summed E-state index contributed by atoms with van der Waals surface area (Å²) in [5.41, 5.74) is 0.886. The minimum atomic E-state index is -0.661. The molecule has 2 aromatic rings. The van der Waals surface area contributed by atoms with Gasteiger partial charge in [-0.3, -0.25) is 14.4 Å². The van der Waals surface area contributed by atoms with E-state index in [9.17, 15) is 14.4 Å². The van der Waals surface area contributed by atoms with Crippen LogP contribution in [0.25, 0.3) is 0 Å². The van der Waals surface area contributed by atoms with Crippen LogP contribution >= 0.6 is 0 Å². The molecule has 3 amide bonds. The smallest absolute Gasteiger partial charge is 0.255 e. The number of nitrogens with one attached hydrogen (secondary N) is 1. The second-order valence-corrected chi connectivity index (χ2v) is 8.26. The predicted molar refractivity (Wildman–Crippen MR) is 115 cm³/mol. The van der Waals surface area contributed by atoms with Gasteiger partial charge in [0.25, 0.3) is 5.91 Å². The van der Waals surface area contributed by atoms with Crippen LogP contribution in [-0.4, -0.2) is 59.8 Å². The number of ether oxygens (including phenoxy) is 1. The fourth-order valence-corrected chi connectivity index (χ4v) is 4.11. The SMILES string of the molecule is CN(Cc1ccccc1)C(=O)CN1CCC2(CCC1=O)CNC(=O)c1ccccc1O2. The highest BCUT2D eigenvalue weighted by Gasteiger charge is 2.40. The average Bonchev–Trinajstić information content (AvgIpc) is 3.02. The van der Waals surface area contributed by atoms with Crippen molar-refractivity contribution in [3.05, 3.63) is 65.7 Å². The van der Waals surface area contributed by atoms with Crippen LogP contribution in [0.4, 0.5) is 0 Å². The Morgan fingerprint density at radius 1 is 1.10 bits per heavy atom. The molecular formula is C24H27N3O4. The summed E-state index contributed by atoms with van der Waals surface area (Å²) in [5.74, 6) is 0.203. The third kappa shape index (κ3) is 4.71. The first-order chi connectivity index (χ1) is 15.0. The zero-order chi connectivity index (χ0) is 21.8. The molecule has 162 valence electrons. The molecule has 0 aromatic heterocycles. The Kier molecular flexibility index (Phi) is 5.93. The number of carbonyl (C=O) groups is 3. The van der Waals surface area contributed by atoms with E-state index in [0.717, 1.165) is 5.56 Å². The molecule has 2 aromatic carbocycles. The zero-order valence-electron chi connectivity index (χ0n) is 17.7. The normalized spacial score (nSPS) is 20.9. The maximum absolute atomic E-state index is 12.8. The highest BCUT2D eigenvalue weighted by Crippen LogP contribution is 2.33. The van der Waals surface area contributed by atoms with Gasteiger partial charge in [-0.25, -0.2) is 0 Å². The molecule has 2 aliphatic heterocycles. The topological polar surface area (TPSA) is 79.0 Å². The highest BCUT2D eigenvalue weighted by molar-refractivity contribution is 5.97. The number of para-hydroxylation sites is 1. The molecule has 7 heteroatoms. The van der Waals surface area contributed by atoms with Crippen molar-refractivity contribution in [1.82, 2.24) is 15.1 Å². The lowest BCUT2D eigenvalue weighted by Crippen LogP contribution is -2.46. The molecule has 1 spiro atoms. The van der Waals surface area contributed by atoms with Gasteiger partial charge >= 0.3 is 0 Å². The number of likely N-dealkylation sites (N-methyl/N-ethyl adjacent to an activating group) is 1. The van der Waals surface area contributed by atoms with E-state index in [1.54, 1.807) is 35.0 Å². The molecule has 1 atom stereocenters. The largest absolute Gasteiger partial charge is 0.485 e. The predicted octanol–water partition coefficient (Wildman–Crippen LogP) is 2.22. The molecule has 7 nitrogen and oxygen atoms in total. The van der Waals surface area contributed by atoms with Crippen LogP contribution in [0.2, 0.25) is 0 Å². The van der Waals surface area contributed by atoms with Crippen molar-refractivity contribution >= 4 is 17.7 Å². The minimum absolute atomic E-state index is 0.0429. The number of hydrogen-bond acceptors (Lipinski definition) is 4. The van der Waals surface area contributed by atoms with Gasteiger partial charge in [-0.05, 0) is 24.1 Å². The Labute approximate surface area is 182 Å². The molecule has 0 aliphatic carbocycles. The standard InChI is InChI=1S/C24H27N3O4/c1-26(15-18-7-3-2-4-8-18)22(29)16-27-14-13-24(12-11-21(27)28)17-25-23(30)19-9-5-6-10-20(19)31-24/h2-10H,11-17H2,1H3,(H,25,30). The second kappa shape index (κ2) is 8.79. The van der Waals surface area contributed by atoms with Crippen molar-refractivity contribution in [2.75, 3.05) is 26.7 Å². The minimum Gasteiger partial charge on any atom is -0.485 e. The number of likely N-dealkylation sites (tertiary alicyclic amines) is 1. The molecule has 1 unspecified atom stereocenters. The zero-order valence-corrected chi connectivity index (χ0v) is 17.7. The van der Waals surface area contributed by atoms with Gasteiger partial charge in [0, 0.05) is 33.0 Å². The van der Waals surface area contributed by atoms with E-state index in [1.807, 2.05) is 36.4 Å². The van der Waals surface area contributed by atoms with Gasteiger partial charge < -0.3 is 19.9 Å². The summed E-state index contributed by atoms with van der Waals surface area (Å²) in [6.45, 7) is 1.28. The van der Waals surface area contributed by atoms with Crippen LogP contribution in [0.1, 0.15) is 35.2 Å². The number of rotatable bonds is 4. The first-order valence-electron chi connectivity index (χ1n) is 10.6.